The van der Waals surface area contributed by atoms with E-state index in [2.05, 4.69) is 0 Å². The molecule has 4 heavy (non-hydrogen) atoms. The highest BCUT2D eigenvalue weighted by Gasteiger charge is 1.59. The molecular formula is CH5AlCl2. The Kier molecular flexibility index (Phi) is 19.9. The molecule has 0 nitrogen and oxygen atoms in total. The molecule has 0 rings (SSSR count). The molecule has 0 saturated heterocycles. The van der Waals surface area contributed by atoms with E-state index in [0.717, 1.165) is 0 Å². The van der Waals surface area contributed by atoms with Gasteiger partial charge in [-0.1, -0.05) is 7.43 Å². The van der Waals surface area contributed by atoms with Crippen molar-refractivity contribution < 1.29 is 0 Å². The molecule has 0 unspecified atom stereocenters. The molecule has 0 spiro atoms. The average Bonchev–Trinajstić information content (AvgIpc) is 0.918. The van der Waals surface area contributed by atoms with Gasteiger partial charge in [-0.2, -0.15) is 0 Å². The SMILES string of the molecule is C.[Cl][AlH][Cl]. The zero-order chi connectivity index (χ0) is 2.71. The van der Waals surface area contributed by atoms with Gasteiger partial charge in [0.2, 0.25) is 0 Å². The number of hydrogen-bond acceptors (Lipinski definition) is 0. The first-order chi connectivity index (χ1) is 1.41. The zero-order valence-electron chi connectivity index (χ0n) is 1.46. The molecule has 0 aromatic rings. The number of rotatable bonds is 0. The summed E-state index contributed by atoms with van der Waals surface area (Å²) in [6.45, 7) is 0. The van der Waals surface area contributed by atoms with E-state index in [1.54, 1.807) is 0 Å². The third kappa shape index (κ3) is 11.2. The lowest BCUT2D eigenvalue weighted by atomic mass is 12.0. The largest absolute Gasteiger partial charge is 0.499 e. The van der Waals surface area contributed by atoms with Crippen molar-refractivity contribution in [3.05, 3.63) is 0 Å². The smallest absolute Gasteiger partial charge is 0.240 e. The second kappa shape index (κ2) is 8.93. The van der Waals surface area contributed by atoms with Crippen molar-refractivity contribution in [2.45, 2.75) is 7.43 Å². The summed E-state index contributed by atoms with van der Waals surface area (Å²) in [5.74, 6) is 0. The third-order valence-electron chi connectivity index (χ3n) is 0. The van der Waals surface area contributed by atoms with Gasteiger partial charge in [0.1, 0.15) is 0 Å². The van der Waals surface area contributed by atoms with Crippen molar-refractivity contribution in [1.82, 2.24) is 0 Å². The molecule has 0 aromatic heterocycles. The highest BCUT2D eigenvalue weighted by atomic mass is 35.7. The first-order valence-electron chi connectivity index (χ1n) is 0.535. The van der Waals surface area contributed by atoms with Crippen LogP contribution < -0.4 is 0 Å². The monoisotopic (exact) mass is 114 g/mol. The molecule has 0 bridgehead atoms. The summed E-state index contributed by atoms with van der Waals surface area (Å²) in [7, 11) is 9.81. The molecule has 0 amide bonds. The second-order valence-electron chi connectivity index (χ2n) is 0.101. The molecule has 0 aromatic carbocycles. The quantitative estimate of drug-likeness (QED) is 0.418. The van der Waals surface area contributed by atoms with Crippen LogP contribution in [-0.2, 0) is 0 Å². The summed E-state index contributed by atoms with van der Waals surface area (Å²) in [5, 5.41) is 0. The van der Waals surface area contributed by atoms with Gasteiger partial charge in [-0.25, -0.2) is 20.1 Å². The van der Waals surface area contributed by atoms with Crippen LogP contribution in [0.5, 0.6) is 0 Å². The maximum Gasteiger partial charge on any atom is 0.499 e. The minimum Gasteiger partial charge on any atom is -0.240 e. The highest BCUT2D eigenvalue weighted by molar-refractivity contribution is 7.22. The zero-order valence-corrected chi connectivity index (χ0v) is 4.39. The summed E-state index contributed by atoms with van der Waals surface area (Å²) in [5.41, 5.74) is 0. The van der Waals surface area contributed by atoms with E-state index < -0.39 is 13.4 Å². The van der Waals surface area contributed by atoms with Crippen LogP contribution >= 0.6 is 20.1 Å². The fraction of sp³-hybridized carbons (Fsp3) is 1.00. The van der Waals surface area contributed by atoms with Crippen LogP contribution in [0.2, 0.25) is 0 Å². The molecule has 0 aliphatic rings. The van der Waals surface area contributed by atoms with Crippen molar-refractivity contribution in [2.75, 3.05) is 0 Å². The van der Waals surface area contributed by atoms with E-state index in [4.69, 9.17) is 20.1 Å². The van der Waals surface area contributed by atoms with Crippen LogP contribution in [0.15, 0.2) is 0 Å². The number of hydrogen-bond donors (Lipinski definition) is 0. The van der Waals surface area contributed by atoms with Crippen molar-refractivity contribution in [3.8, 4) is 0 Å². The fourth-order valence-electron chi connectivity index (χ4n) is 0. The van der Waals surface area contributed by atoms with Crippen LogP contribution in [0.1, 0.15) is 7.43 Å². The lowest BCUT2D eigenvalue weighted by Gasteiger charge is -1.33. The van der Waals surface area contributed by atoms with Crippen molar-refractivity contribution >= 4 is 33.5 Å². The van der Waals surface area contributed by atoms with Crippen molar-refractivity contribution in [1.29, 1.82) is 0 Å². The Morgan fingerprint density at radius 2 is 1.25 bits per heavy atom. The van der Waals surface area contributed by atoms with E-state index in [0.29, 0.717) is 0 Å². The van der Waals surface area contributed by atoms with Gasteiger partial charge < -0.3 is 0 Å². The lowest BCUT2D eigenvalue weighted by molar-refractivity contribution is 2.50. The molecule has 0 atom stereocenters. The highest BCUT2D eigenvalue weighted by Crippen LogP contribution is 1.67. The summed E-state index contributed by atoms with van der Waals surface area (Å²) in [6.07, 6.45) is 0. The topological polar surface area (TPSA) is 0 Å². The van der Waals surface area contributed by atoms with Crippen LogP contribution in [0.4, 0.5) is 0 Å². The minimum absolute atomic E-state index is 0. The molecule has 0 saturated carbocycles. The maximum atomic E-state index is 4.90. The fourth-order valence-corrected chi connectivity index (χ4v) is 0. The Balaban J connectivity index is 0. The maximum absolute atomic E-state index is 4.90. The molecule has 3 heteroatoms. The van der Waals surface area contributed by atoms with Gasteiger partial charge in [-0.15, -0.1) is 0 Å². The predicted octanol–water partition coefficient (Wildman–Crippen LogP) is 1.37. The van der Waals surface area contributed by atoms with E-state index in [1.807, 2.05) is 0 Å². The molecular weight excluding hydrogens is 110 g/mol. The van der Waals surface area contributed by atoms with E-state index in [-0.39, 0.29) is 7.43 Å². The Bertz CT molecular complexity index is 6.00. The normalized spacial score (nSPS) is 3.50. The van der Waals surface area contributed by atoms with Crippen LogP contribution in [0, 0.1) is 0 Å². The average molecular weight is 115 g/mol. The van der Waals surface area contributed by atoms with Crippen molar-refractivity contribution in [3.63, 3.8) is 0 Å². The standard InChI is InChI=1S/CH4.Al.2ClH.H/h1H4;;2*1H;/q;+2;;;/p-2. The van der Waals surface area contributed by atoms with Gasteiger partial charge in [0.25, 0.3) is 0 Å². The van der Waals surface area contributed by atoms with Gasteiger partial charge in [0.15, 0.2) is 0 Å². The molecule has 0 heterocycles. The van der Waals surface area contributed by atoms with E-state index >= 15 is 0 Å². The molecule has 0 N–H and O–H groups in total. The van der Waals surface area contributed by atoms with Gasteiger partial charge in [0.05, 0.1) is 0 Å². The predicted molar refractivity (Wildman–Crippen MR) is 25.6 cm³/mol. The third-order valence-corrected chi connectivity index (χ3v) is 0. The summed E-state index contributed by atoms with van der Waals surface area (Å²) in [4.78, 5) is 0. The van der Waals surface area contributed by atoms with Crippen LogP contribution in [-0.4, -0.2) is 13.4 Å². The minimum atomic E-state index is -0.639. The first kappa shape index (κ1) is 8.93. The number of halogens is 2. The Morgan fingerprint density at radius 3 is 1.25 bits per heavy atom. The Hall–Kier alpha value is 1.11. The lowest BCUT2D eigenvalue weighted by Crippen LogP contribution is -1.36. The van der Waals surface area contributed by atoms with Gasteiger partial charge in [-0.05, 0) is 0 Å². The van der Waals surface area contributed by atoms with Crippen LogP contribution in [0.3, 0.4) is 0 Å². The summed E-state index contributed by atoms with van der Waals surface area (Å²) in [6, 6.07) is 0. The van der Waals surface area contributed by atoms with Crippen LogP contribution in [0.25, 0.3) is 0 Å². The van der Waals surface area contributed by atoms with Crippen molar-refractivity contribution in [2.24, 2.45) is 0 Å². The molecule has 0 fully saturated rings. The summed E-state index contributed by atoms with van der Waals surface area (Å²) < 4.78 is 0. The second-order valence-corrected chi connectivity index (χ2v) is 2.73. The molecule has 0 aliphatic heterocycles. The summed E-state index contributed by atoms with van der Waals surface area (Å²) >= 11 is -0.639. The Labute approximate surface area is 41.2 Å². The first-order valence-corrected chi connectivity index (χ1v) is 4.81. The van der Waals surface area contributed by atoms with Gasteiger partial charge in [0, 0.05) is 0 Å². The molecule has 0 radical (unpaired) electrons. The van der Waals surface area contributed by atoms with E-state index in [1.165, 1.54) is 0 Å². The van der Waals surface area contributed by atoms with Gasteiger partial charge >= 0.3 is 13.4 Å². The molecule has 26 valence electrons. The molecule has 0 aliphatic carbocycles. The Morgan fingerprint density at radius 1 is 1.25 bits per heavy atom. The van der Waals surface area contributed by atoms with Gasteiger partial charge in [-0.3, -0.25) is 0 Å². The van der Waals surface area contributed by atoms with E-state index in [9.17, 15) is 0 Å².